The molecule has 0 aliphatic heterocycles. The summed E-state index contributed by atoms with van der Waals surface area (Å²) in [6.07, 6.45) is 6.09. The quantitative estimate of drug-likeness (QED) is 0.617. The molecule has 1 aromatic rings. The van der Waals surface area contributed by atoms with Gasteiger partial charge in [0, 0.05) is 18.5 Å². The number of aromatic nitrogens is 2. The van der Waals surface area contributed by atoms with E-state index in [-0.39, 0.29) is 11.7 Å². The summed E-state index contributed by atoms with van der Waals surface area (Å²) >= 11 is 0. The zero-order chi connectivity index (χ0) is 16.7. The van der Waals surface area contributed by atoms with Crippen LogP contribution in [0.1, 0.15) is 55.8 Å². The maximum absolute atomic E-state index is 11.9. The Balaban J connectivity index is 2.23. The molecule has 1 fully saturated rings. The second-order valence-corrected chi connectivity index (χ2v) is 5.61. The Hall–Kier alpha value is -2.02. The van der Waals surface area contributed by atoms with Gasteiger partial charge in [0.15, 0.2) is 5.82 Å². The van der Waals surface area contributed by atoms with Gasteiger partial charge >= 0.3 is 5.97 Å². The normalized spacial score (nSPS) is 17.7. The van der Waals surface area contributed by atoms with E-state index in [0.717, 1.165) is 25.1 Å². The van der Waals surface area contributed by atoms with Crippen LogP contribution in [0.25, 0.3) is 0 Å². The minimum atomic E-state index is -0.500. The molecule has 0 bridgehead atoms. The van der Waals surface area contributed by atoms with Crippen molar-refractivity contribution in [1.29, 1.82) is 0 Å². The fraction of sp³-hybridized carbons (Fsp3) is 0.625. The van der Waals surface area contributed by atoms with E-state index >= 15 is 0 Å². The number of aliphatic imine (C=N–C) groups is 1. The zero-order valence-electron chi connectivity index (χ0n) is 13.7. The first-order chi connectivity index (χ1) is 11.1. The summed E-state index contributed by atoms with van der Waals surface area (Å²) in [4.78, 5) is 24.9. The first-order valence-corrected chi connectivity index (χ1v) is 8.07. The number of nitrogens with one attached hydrogen (secondary N) is 1. The molecule has 0 atom stereocenters. The molecule has 0 saturated heterocycles. The summed E-state index contributed by atoms with van der Waals surface area (Å²) in [5, 5.41) is 12.7. The number of carbonyl (C=O) groups excluding carboxylic acids is 1. The van der Waals surface area contributed by atoms with Gasteiger partial charge in [-0.15, -0.1) is 0 Å². The maximum atomic E-state index is 11.9. The summed E-state index contributed by atoms with van der Waals surface area (Å²) < 4.78 is 4.77. The highest BCUT2D eigenvalue weighted by Gasteiger charge is 2.19. The van der Waals surface area contributed by atoms with Gasteiger partial charge in [-0.25, -0.2) is 14.8 Å². The van der Waals surface area contributed by atoms with E-state index in [9.17, 15) is 9.90 Å². The molecule has 0 amide bonds. The number of anilines is 1. The fourth-order valence-electron chi connectivity index (χ4n) is 2.37. The average Bonchev–Trinajstić information content (AvgIpc) is 2.57. The van der Waals surface area contributed by atoms with E-state index < -0.39 is 5.97 Å². The van der Waals surface area contributed by atoms with Crippen LogP contribution >= 0.6 is 0 Å². The maximum Gasteiger partial charge on any atom is 0.343 e. The lowest BCUT2D eigenvalue weighted by Gasteiger charge is -2.18. The van der Waals surface area contributed by atoms with Gasteiger partial charge in [0.05, 0.1) is 13.2 Å². The molecule has 7 nitrogen and oxygen atoms in total. The Morgan fingerprint density at radius 3 is 2.87 bits per heavy atom. The molecule has 2 N–H and O–H groups in total. The first-order valence-electron chi connectivity index (χ1n) is 8.07. The number of ether oxygens (including phenoxy) is 1. The molecule has 0 aromatic carbocycles. The van der Waals surface area contributed by atoms with Crippen LogP contribution in [0.3, 0.4) is 0 Å². The van der Waals surface area contributed by atoms with Crippen LogP contribution in [0, 0.1) is 0 Å². The number of carbonyl (C=O) groups is 1. The monoisotopic (exact) mass is 320 g/mol. The van der Waals surface area contributed by atoms with E-state index in [0.29, 0.717) is 37.4 Å². The van der Waals surface area contributed by atoms with E-state index in [1.54, 1.807) is 0 Å². The van der Waals surface area contributed by atoms with Gasteiger partial charge < -0.3 is 15.2 Å². The third-order valence-electron chi connectivity index (χ3n) is 3.78. The lowest BCUT2D eigenvalue weighted by Crippen LogP contribution is -2.18. The Kier molecular flexibility index (Phi) is 6.46. The van der Waals surface area contributed by atoms with Gasteiger partial charge in [-0.05, 0) is 32.1 Å². The van der Waals surface area contributed by atoms with Crippen molar-refractivity contribution in [3.63, 3.8) is 0 Å². The standard InChI is InChI=1S/C16H24N4O3/c1-3-4-9-17-16-18-10-13(15(22)23-2)14(20-16)19-11-5-7-12(21)8-6-11/h10,12,21H,3-9H2,1-2H3,(H,17,18,20). The average molecular weight is 320 g/mol. The number of rotatable bonds is 6. The number of unbranched alkanes of at least 4 members (excludes halogenated alkanes) is 1. The summed E-state index contributed by atoms with van der Waals surface area (Å²) in [6, 6.07) is 0. The van der Waals surface area contributed by atoms with Gasteiger partial charge in [-0.1, -0.05) is 13.3 Å². The molecular weight excluding hydrogens is 296 g/mol. The Bertz CT molecular complexity index is 564. The second-order valence-electron chi connectivity index (χ2n) is 5.61. The van der Waals surface area contributed by atoms with Crippen LogP contribution in [-0.4, -0.2) is 46.5 Å². The summed E-state index contributed by atoms with van der Waals surface area (Å²) in [7, 11) is 1.32. The van der Waals surface area contributed by atoms with Crippen molar-refractivity contribution in [1.82, 2.24) is 9.97 Å². The summed E-state index contributed by atoms with van der Waals surface area (Å²) in [5.74, 6) is 0.291. The Labute approximate surface area is 136 Å². The topological polar surface area (TPSA) is 96.7 Å². The van der Waals surface area contributed by atoms with Crippen molar-refractivity contribution in [2.45, 2.75) is 51.6 Å². The molecule has 0 spiro atoms. The lowest BCUT2D eigenvalue weighted by atomic mass is 9.96. The molecule has 2 rings (SSSR count). The predicted molar refractivity (Wildman–Crippen MR) is 88.3 cm³/mol. The SMILES string of the molecule is CCCCNc1ncc(C(=O)OC)c(N=C2CCC(O)CC2)n1. The number of aliphatic hydroxyl groups excluding tert-OH is 1. The molecule has 0 unspecified atom stereocenters. The molecule has 1 aromatic heterocycles. The van der Waals surface area contributed by atoms with E-state index in [2.05, 4.69) is 27.2 Å². The third kappa shape index (κ3) is 4.99. The first kappa shape index (κ1) is 17.3. The number of nitrogens with zero attached hydrogens (tertiary/aromatic N) is 3. The molecule has 7 heteroatoms. The molecule has 1 aliphatic rings. The number of esters is 1. The van der Waals surface area contributed by atoms with Gasteiger partial charge in [0.25, 0.3) is 0 Å². The van der Waals surface area contributed by atoms with Crippen molar-refractivity contribution in [2.75, 3.05) is 19.0 Å². The van der Waals surface area contributed by atoms with E-state index in [1.165, 1.54) is 13.3 Å². The van der Waals surface area contributed by atoms with Crippen molar-refractivity contribution in [3.8, 4) is 0 Å². The molecule has 126 valence electrons. The zero-order valence-corrected chi connectivity index (χ0v) is 13.7. The molecular formula is C16H24N4O3. The Morgan fingerprint density at radius 1 is 1.48 bits per heavy atom. The second kappa shape index (κ2) is 8.57. The van der Waals surface area contributed by atoms with Crippen LogP contribution in [0.4, 0.5) is 11.8 Å². The van der Waals surface area contributed by atoms with Gasteiger partial charge in [-0.3, -0.25) is 0 Å². The van der Waals surface area contributed by atoms with Crippen molar-refractivity contribution in [3.05, 3.63) is 11.8 Å². The smallest absolute Gasteiger partial charge is 0.343 e. The van der Waals surface area contributed by atoms with E-state index in [4.69, 9.17) is 4.74 Å². The Morgan fingerprint density at radius 2 is 2.22 bits per heavy atom. The van der Waals surface area contributed by atoms with Crippen molar-refractivity contribution < 1.29 is 14.6 Å². The minimum absolute atomic E-state index is 0.257. The van der Waals surface area contributed by atoms with Crippen LogP contribution in [-0.2, 0) is 4.74 Å². The number of hydrogen-bond donors (Lipinski definition) is 2. The van der Waals surface area contributed by atoms with Gasteiger partial charge in [0.2, 0.25) is 5.95 Å². The van der Waals surface area contributed by atoms with Crippen molar-refractivity contribution in [2.24, 2.45) is 4.99 Å². The number of hydrogen-bond acceptors (Lipinski definition) is 7. The van der Waals surface area contributed by atoms with Gasteiger partial charge in [0.1, 0.15) is 5.56 Å². The van der Waals surface area contributed by atoms with Crippen LogP contribution < -0.4 is 5.32 Å². The highest BCUT2D eigenvalue weighted by atomic mass is 16.5. The van der Waals surface area contributed by atoms with E-state index in [1.807, 2.05) is 0 Å². The molecule has 1 heterocycles. The summed E-state index contributed by atoms with van der Waals surface area (Å²) in [6.45, 7) is 2.88. The van der Waals surface area contributed by atoms with Gasteiger partial charge in [-0.2, -0.15) is 4.98 Å². The number of methoxy groups -OCH3 is 1. The summed E-state index contributed by atoms with van der Waals surface area (Å²) in [5.41, 5.74) is 1.20. The molecule has 1 saturated carbocycles. The molecule has 1 aliphatic carbocycles. The van der Waals surface area contributed by atoms with Crippen LogP contribution in [0.5, 0.6) is 0 Å². The van der Waals surface area contributed by atoms with Crippen molar-refractivity contribution >= 4 is 23.4 Å². The highest BCUT2D eigenvalue weighted by Crippen LogP contribution is 2.23. The molecule has 0 radical (unpaired) electrons. The fourth-order valence-corrected chi connectivity index (χ4v) is 2.37. The lowest BCUT2D eigenvalue weighted by molar-refractivity contribution is 0.0601. The minimum Gasteiger partial charge on any atom is -0.465 e. The highest BCUT2D eigenvalue weighted by molar-refractivity contribution is 5.96. The van der Waals surface area contributed by atoms with Crippen LogP contribution in [0.15, 0.2) is 11.2 Å². The third-order valence-corrected chi connectivity index (χ3v) is 3.78. The largest absolute Gasteiger partial charge is 0.465 e. The predicted octanol–water partition coefficient (Wildman–Crippen LogP) is 2.48. The molecule has 23 heavy (non-hydrogen) atoms. The number of aliphatic hydroxyl groups is 1. The van der Waals surface area contributed by atoms with Crippen LogP contribution in [0.2, 0.25) is 0 Å².